The number of hydrogen-bond donors (Lipinski definition) is 0. The molecule has 0 bridgehead atoms. The molecule has 2 aromatic rings. The van der Waals surface area contributed by atoms with Gasteiger partial charge in [-0.05, 0) is 43.2 Å². The molecule has 3 rings (SSSR count). The number of halogens is 1. The van der Waals surface area contributed by atoms with Crippen LogP contribution in [0, 0.1) is 5.92 Å². The molecule has 0 aliphatic carbocycles. The van der Waals surface area contributed by atoms with Crippen molar-refractivity contribution in [1.82, 2.24) is 0 Å². The van der Waals surface area contributed by atoms with Crippen LogP contribution in [0.1, 0.15) is 12.5 Å². The number of hydrogen-bond acceptors (Lipinski definition) is 3. The molecule has 1 saturated heterocycles. The Labute approximate surface area is 163 Å². The molecular formula is C23H22FNO3. The Hall–Kier alpha value is -3.05. The summed E-state index contributed by atoms with van der Waals surface area (Å²) in [5, 5.41) is 0. The third kappa shape index (κ3) is 4.26. The van der Waals surface area contributed by atoms with Gasteiger partial charge in [-0.25, -0.2) is 4.39 Å². The van der Waals surface area contributed by atoms with E-state index in [1.807, 2.05) is 36.4 Å². The summed E-state index contributed by atoms with van der Waals surface area (Å²) in [6.45, 7) is 1.40. The Morgan fingerprint density at radius 3 is 2.43 bits per heavy atom. The summed E-state index contributed by atoms with van der Waals surface area (Å²) in [5.74, 6) is -1.12. The van der Waals surface area contributed by atoms with Crippen molar-refractivity contribution >= 4 is 17.9 Å². The van der Waals surface area contributed by atoms with E-state index >= 15 is 0 Å². The largest absolute Gasteiger partial charge is 0.347 e. The Morgan fingerprint density at radius 1 is 1.18 bits per heavy atom. The third-order valence-electron chi connectivity index (χ3n) is 4.59. The molecule has 4 nitrogen and oxygen atoms in total. The Kier molecular flexibility index (Phi) is 6.16. The van der Waals surface area contributed by atoms with Crippen LogP contribution in [0.5, 0.6) is 0 Å². The average molecular weight is 379 g/mol. The number of rotatable bonds is 6. The standard InChI is InChI=1S/C23H22FNO3/c1-18(24)16-23(13-8-14-26)25(21-11-6-3-7-12-21)22(27)20(17-28-23)15-19-9-4-2-5-10-19/h2-14,16,20H,15,17H2,1H3/b13-8-,18-16+. The molecule has 5 heteroatoms. The van der Waals surface area contributed by atoms with Crippen LogP contribution >= 0.6 is 0 Å². The van der Waals surface area contributed by atoms with Crippen molar-refractivity contribution in [2.75, 3.05) is 11.5 Å². The number of para-hydroxylation sites is 1. The summed E-state index contributed by atoms with van der Waals surface area (Å²) in [6, 6.07) is 18.6. The minimum atomic E-state index is -1.49. The van der Waals surface area contributed by atoms with Crippen LogP contribution in [0.2, 0.25) is 0 Å². The van der Waals surface area contributed by atoms with Gasteiger partial charge >= 0.3 is 0 Å². The summed E-state index contributed by atoms with van der Waals surface area (Å²) in [5.41, 5.74) is 0.0923. The van der Waals surface area contributed by atoms with Gasteiger partial charge in [-0.2, -0.15) is 0 Å². The van der Waals surface area contributed by atoms with E-state index in [0.29, 0.717) is 18.4 Å². The van der Waals surface area contributed by atoms with Gasteiger partial charge in [0, 0.05) is 11.8 Å². The van der Waals surface area contributed by atoms with Gasteiger partial charge in [-0.15, -0.1) is 0 Å². The molecule has 2 aromatic carbocycles. The Bertz CT molecular complexity index is 875. The number of nitrogens with zero attached hydrogens (tertiary/aromatic N) is 1. The van der Waals surface area contributed by atoms with Crippen LogP contribution in [-0.2, 0) is 20.7 Å². The number of allylic oxidation sites excluding steroid dienone is 2. The van der Waals surface area contributed by atoms with Crippen molar-refractivity contribution in [3.8, 4) is 0 Å². The molecular weight excluding hydrogens is 357 g/mol. The summed E-state index contributed by atoms with van der Waals surface area (Å²) in [7, 11) is 0. The maximum absolute atomic E-state index is 13.9. The quantitative estimate of drug-likeness (QED) is 0.557. The van der Waals surface area contributed by atoms with Gasteiger partial charge < -0.3 is 4.74 Å². The molecule has 1 amide bonds. The number of aldehydes is 1. The molecule has 2 unspecified atom stereocenters. The van der Waals surface area contributed by atoms with Crippen molar-refractivity contribution in [3.63, 3.8) is 0 Å². The number of ether oxygens (including phenoxy) is 1. The van der Waals surface area contributed by atoms with Gasteiger partial charge in [0.1, 0.15) is 6.29 Å². The molecule has 1 heterocycles. The first kappa shape index (κ1) is 19.7. The Balaban J connectivity index is 2.04. The summed E-state index contributed by atoms with van der Waals surface area (Å²) in [4.78, 5) is 25.8. The lowest BCUT2D eigenvalue weighted by molar-refractivity contribution is -0.137. The van der Waals surface area contributed by atoms with E-state index in [2.05, 4.69) is 0 Å². The van der Waals surface area contributed by atoms with Crippen LogP contribution in [0.15, 0.2) is 84.7 Å². The number of benzene rings is 2. The smallest absolute Gasteiger partial charge is 0.235 e. The lowest BCUT2D eigenvalue weighted by Crippen LogP contribution is -2.59. The second-order valence-electron chi connectivity index (χ2n) is 6.69. The predicted molar refractivity (Wildman–Crippen MR) is 106 cm³/mol. The molecule has 2 atom stereocenters. The fourth-order valence-electron chi connectivity index (χ4n) is 3.41. The third-order valence-corrected chi connectivity index (χ3v) is 4.59. The highest BCUT2D eigenvalue weighted by atomic mass is 19.1. The first-order valence-corrected chi connectivity index (χ1v) is 9.11. The highest BCUT2D eigenvalue weighted by Gasteiger charge is 2.46. The molecule has 0 N–H and O–H groups in total. The number of amides is 1. The highest BCUT2D eigenvalue weighted by Crippen LogP contribution is 2.36. The van der Waals surface area contributed by atoms with Gasteiger partial charge in [0.2, 0.25) is 5.91 Å². The predicted octanol–water partition coefficient (Wildman–Crippen LogP) is 4.23. The van der Waals surface area contributed by atoms with Crippen molar-refractivity contribution in [1.29, 1.82) is 0 Å². The van der Waals surface area contributed by atoms with Crippen LogP contribution in [0.25, 0.3) is 0 Å². The second-order valence-corrected chi connectivity index (χ2v) is 6.69. The summed E-state index contributed by atoms with van der Waals surface area (Å²) in [6.07, 6.45) is 4.94. The average Bonchev–Trinajstić information content (AvgIpc) is 2.70. The lowest BCUT2D eigenvalue weighted by Gasteiger charge is -2.45. The van der Waals surface area contributed by atoms with E-state index in [4.69, 9.17) is 4.74 Å². The zero-order chi connectivity index (χ0) is 20.0. The first-order valence-electron chi connectivity index (χ1n) is 9.11. The normalized spacial score (nSPS) is 23.2. The summed E-state index contributed by atoms with van der Waals surface area (Å²) >= 11 is 0. The van der Waals surface area contributed by atoms with E-state index in [1.165, 1.54) is 30.1 Å². The van der Waals surface area contributed by atoms with Crippen molar-refractivity contribution in [2.24, 2.45) is 5.92 Å². The minimum Gasteiger partial charge on any atom is -0.347 e. The number of anilines is 1. The molecule has 0 aromatic heterocycles. The van der Waals surface area contributed by atoms with Gasteiger partial charge in [-0.3, -0.25) is 14.5 Å². The van der Waals surface area contributed by atoms with E-state index < -0.39 is 17.5 Å². The fourth-order valence-corrected chi connectivity index (χ4v) is 3.41. The molecule has 0 saturated carbocycles. The molecule has 144 valence electrons. The molecule has 1 fully saturated rings. The lowest BCUT2D eigenvalue weighted by atomic mass is 9.93. The van der Waals surface area contributed by atoms with E-state index in [1.54, 1.807) is 24.3 Å². The SMILES string of the molecule is C/C(F)=C\C1(/C=C\C=O)OCC(Cc2ccccc2)C(=O)N1c1ccccc1. The molecule has 1 aliphatic rings. The zero-order valence-electron chi connectivity index (χ0n) is 15.6. The fraction of sp³-hybridized carbons (Fsp3) is 0.217. The molecule has 28 heavy (non-hydrogen) atoms. The van der Waals surface area contributed by atoms with E-state index in [0.717, 1.165) is 5.56 Å². The van der Waals surface area contributed by atoms with E-state index in [9.17, 15) is 14.0 Å². The van der Waals surface area contributed by atoms with Crippen LogP contribution in [0.4, 0.5) is 10.1 Å². The van der Waals surface area contributed by atoms with Gasteiger partial charge in [0.05, 0.1) is 18.4 Å². The van der Waals surface area contributed by atoms with Crippen molar-refractivity contribution in [3.05, 3.63) is 90.3 Å². The van der Waals surface area contributed by atoms with Gasteiger partial charge in [-0.1, -0.05) is 48.5 Å². The molecule has 0 radical (unpaired) electrons. The van der Waals surface area contributed by atoms with Gasteiger partial charge in [0.25, 0.3) is 0 Å². The number of carbonyl (C=O) groups excluding carboxylic acids is 2. The monoisotopic (exact) mass is 379 g/mol. The van der Waals surface area contributed by atoms with Gasteiger partial charge in [0.15, 0.2) is 5.72 Å². The summed E-state index contributed by atoms with van der Waals surface area (Å²) < 4.78 is 20.0. The topological polar surface area (TPSA) is 46.6 Å². The number of carbonyl (C=O) groups is 2. The highest BCUT2D eigenvalue weighted by molar-refractivity contribution is 5.98. The molecule has 1 aliphatic heterocycles. The molecule has 0 spiro atoms. The second kappa shape index (κ2) is 8.76. The van der Waals surface area contributed by atoms with E-state index in [-0.39, 0.29) is 12.5 Å². The van der Waals surface area contributed by atoms with Crippen LogP contribution in [-0.4, -0.2) is 24.5 Å². The van der Waals surface area contributed by atoms with Crippen LogP contribution < -0.4 is 4.90 Å². The maximum Gasteiger partial charge on any atom is 0.235 e. The first-order chi connectivity index (χ1) is 13.6. The Morgan fingerprint density at radius 2 is 1.82 bits per heavy atom. The van der Waals surface area contributed by atoms with Crippen molar-refractivity contribution < 1.29 is 18.7 Å². The minimum absolute atomic E-state index is 0.115. The van der Waals surface area contributed by atoms with Crippen LogP contribution in [0.3, 0.4) is 0 Å². The zero-order valence-corrected chi connectivity index (χ0v) is 15.6. The maximum atomic E-state index is 13.9. The van der Waals surface area contributed by atoms with Crippen molar-refractivity contribution in [2.45, 2.75) is 19.1 Å².